The maximum absolute atomic E-state index is 3.40. The molecule has 2 rings (SSSR count). The molecule has 0 heterocycles. The third-order valence-electron chi connectivity index (χ3n) is 3.21. The van der Waals surface area contributed by atoms with Crippen molar-refractivity contribution in [3.05, 3.63) is 0 Å². The summed E-state index contributed by atoms with van der Waals surface area (Å²) in [5, 5.41) is 3.40. The van der Waals surface area contributed by atoms with Crippen molar-refractivity contribution in [2.75, 3.05) is 7.05 Å². The van der Waals surface area contributed by atoms with Gasteiger partial charge in [-0.25, -0.2) is 0 Å². The van der Waals surface area contributed by atoms with Crippen LogP contribution in [0, 0.1) is 11.8 Å². The van der Waals surface area contributed by atoms with Crippen LogP contribution in [0.2, 0.25) is 0 Å². The normalized spacial score (nSPS) is 48.3. The molecule has 0 bridgehead atoms. The Labute approximate surface area is 56.8 Å². The summed E-state index contributed by atoms with van der Waals surface area (Å²) in [6, 6.07) is 0.878. The highest BCUT2D eigenvalue weighted by Gasteiger charge is 2.40. The van der Waals surface area contributed by atoms with Gasteiger partial charge in [0.25, 0.3) is 0 Å². The molecule has 2 fully saturated rings. The number of rotatable bonds is 1. The molecule has 1 N–H and O–H groups in total. The third-order valence-corrected chi connectivity index (χ3v) is 3.21. The largest absolute Gasteiger partial charge is 0.317 e. The number of hydrogen-bond acceptors (Lipinski definition) is 1. The fourth-order valence-electron chi connectivity index (χ4n) is 2.45. The minimum absolute atomic E-state index is 0.878. The Kier molecular flexibility index (Phi) is 1.26. The van der Waals surface area contributed by atoms with Gasteiger partial charge in [0.05, 0.1) is 0 Å². The average molecular weight is 125 g/mol. The molecule has 1 heteroatoms. The van der Waals surface area contributed by atoms with E-state index in [1.165, 1.54) is 25.7 Å². The van der Waals surface area contributed by atoms with Crippen molar-refractivity contribution in [1.29, 1.82) is 0 Å². The van der Waals surface area contributed by atoms with Crippen LogP contribution in [0.3, 0.4) is 0 Å². The van der Waals surface area contributed by atoms with Crippen LogP contribution in [0.15, 0.2) is 0 Å². The van der Waals surface area contributed by atoms with Gasteiger partial charge in [0.1, 0.15) is 0 Å². The van der Waals surface area contributed by atoms with Crippen LogP contribution in [0.1, 0.15) is 25.7 Å². The average Bonchev–Trinajstić information content (AvgIpc) is 2.07. The molecule has 0 aromatic heterocycles. The van der Waals surface area contributed by atoms with E-state index in [1.807, 2.05) is 0 Å². The van der Waals surface area contributed by atoms with E-state index in [0.29, 0.717) is 0 Å². The van der Waals surface area contributed by atoms with E-state index in [-0.39, 0.29) is 0 Å². The molecule has 0 spiro atoms. The molecule has 0 amide bonds. The molecule has 0 saturated heterocycles. The second-order valence-corrected chi connectivity index (χ2v) is 3.47. The molecule has 0 radical (unpaired) electrons. The molecule has 0 aromatic carbocycles. The molecule has 9 heavy (non-hydrogen) atoms. The Hall–Kier alpha value is -0.0400. The molecular weight excluding hydrogens is 110 g/mol. The van der Waals surface area contributed by atoms with Gasteiger partial charge in [-0.1, -0.05) is 0 Å². The van der Waals surface area contributed by atoms with Crippen molar-refractivity contribution in [1.82, 2.24) is 5.32 Å². The summed E-state index contributed by atoms with van der Waals surface area (Å²) >= 11 is 0. The molecular formula is C8H15N. The highest BCUT2D eigenvalue weighted by Crippen LogP contribution is 2.46. The monoisotopic (exact) mass is 125 g/mol. The lowest BCUT2D eigenvalue weighted by molar-refractivity contribution is 0.190. The van der Waals surface area contributed by atoms with Crippen LogP contribution in [0.25, 0.3) is 0 Å². The Morgan fingerprint density at radius 3 is 2.22 bits per heavy atom. The Morgan fingerprint density at radius 2 is 1.89 bits per heavy atom. The van der Waals surface area contributed by atoms with Crippen LogP contribution in [-0.4, -0.2) is 13.1 Å². The molecule has 0 aliphatic heterocycles. The zero-order valence-corrected chi connectivity index (χ0v) is 6.06. The van der Waals surface area contributed by atoms with Gasteiger partial charge in [0.15, 0.2) is 0 Å². The highest BCUT2D eigenvalue weighted by molar-refractivity contribution is 4.95. The summed E-state index contributed by atoms with van der Waals surface area (Å²) in [6.07, 6.45) is 5.95. The maximum atomic E-state index is 3.40. The van der Waals surface area contributed by atoms with Crippen molar-refractivity contribution >= 4 is 0 Å². The number of hydrogen-bond donors (Lipinski definition) is 1. The summed E-state index contributed by atoms with van der Waals surface area (Å²) in [7, 11) is 2.10. The highest BCUT2D eigenvalue weighted by atomic mass is 14.9. The first kappa shape index (κ1) is 5.72. The van der Waals surface area contributed by atoms with Crippen molar-refractivity contribution in [3.63, 3.8) is 0 Å². The zero-order valence-electron chi connectivity index (χ0n) is 6.06. The van der Waals surface area contributed by atoms with Crippen LogP contribution in [0.4, 0.5) is 0 Å². The zero-order chi connectivity index (χ0) is 6.27. The Bertz CT molecular complexity index is 109. The van der Waals surface area contributed by atoms with E-state index < -0.39 is 0 Å². The van der Waals surface area contributed by atoms with E-state index in [0.717, 1.165) is 17.9 Å². The number of nitrogens with one attached hydrogen (secondary N) is 1. The predicted molar refractivity (Wildman–Crippen MR) is 38.3 cm³/mol. The fourth-order valence-corrected chi connectivity index (χ4v) is 2.45. The van der Waals surface area contributed by atoms with Gasteiger partial charge in [-0.05, 0) is 44.6 Å². The van der Waals surface area contributed by atoms with Crippen molar-refractivity contribution in [3.8, 4) is 0 Å². The maximum Gasteiger partial charge on any atom is 0.00950 e. The van der Waals surface area contributed by atoms with E-state index in [1.54, 1.807) is 0 Å². The van der Waals surface area contributed by atoms with Crippen LogP contribution >= 0.6 is 0 Å². The first-order valence-electron chi connectivity index (χ1n) is 4.09. The third kappa shape index (κ3) is 0.710. The van der Waals surface area contributed by atoms with E-state index >= 15 is 0 Å². The molecule has 2 saturated carbocycles. The van der Waals surface area contributed by atoms with Gasteiger partial charge in [0.2, 0.25) is 0 Å². The summed E-state index contributed by atoms with van der Waals surface area (Å²) in [6.45, 7) is 0. The second-order valence-electron chi connectivity index (χ2n) is 3.47. The van der Waals surface area contributed by atoms with Gasteiger partial charge in [-0.3, -0.25) is 0 Å². The van der Waals surface area contributed by atoms with Crippen molar-refractivity contribution in [2.45, 2.75) is 31.7 Å². The first-order chi connectivity index (χ1) is 4.42. The Morgan fingerprint density at radius 1 is 1.11 bits per heavy atom. The SMILES string of the molecule is CNC1CCC2CCC21. The topological polar surface area (TPSA) is 12.0 Å². The molecule has 0 aromatic rings. The fraction of sp³-hybridized carbons (Fsp3) is 1.00. The molecule has 2 aliphatic rings. The van der Waals surface area contributed by atoms with Crippen LogP contribution in [-0.2, 0) is 0 Å². The minimum Gasteiger partial charge on any atom is -0.317 e. The number of fused-ring (bicyclic) bond motifs is 1. The Balaban J connectivity index is 1.97. The predicted octanol–water partition coefficient (Wildman–Crippen LogP) is 1.39. The van der Waals surface area contributed by atoms with Crippen LogP contribution < -0.4 is 5.32 Å². The van der Waals surface area contributed by atoms with Gasteiger partial charge < -0.3 is 5.32 Å². The summed E-state index contributed by atoms with van der Waals surface area (Å²) in [4.78, 5) is 0. The minimum atomic E-state index is 0.878. The molecule has 3 atom stereocenters. The van der Waals surface area contributed by atoms with Crippen molar-refractivity contribution < 1.29 is 0 Å². The molecule has 1 nitrogen and oxygen atoms in total. The molecule has 2 aliphatic carbocycles. The van der Waals surface area contributed by atoms with Gasteiger partial charge in [-0.15, -0.1) is 0 Å². The lowest BCUT2D eigenvalue weighted by Crippen LogP contribution is -2.36. The van der Waals surface area contributed by atoms with Gasteiger partial charge in [-0.2, -0.15) is 0 Å². The lowest BCUT2D eigenvalue weighted by Gasteiger charge is -2.33. The smallest absolute Gasteiger partial charge is 0.00950 e. The molecule has 3 unspecified atom stereocenters. The summed E-state index contributed by atoms with van der Waals surface area (Å²) in [5.74, 6) is 2.18. The van der Waals surface area contributed by atoms with E-state index in [2.05, 4.69) is 12.4 Å². The standard InChI is InChI=1S/C8H15N/c1-9-8-5-3-6-2-4-7(6)8/h6-9H,2-5H2,1H3. The van der Waals surface area contributed by atoms with Crippen LogP contribution in [0.5, 0.6) is 0 Å². The van der Waals surface area contributed by atoms with Crippen molar-refractivity contribution in [2.24, 2.45) is 11.8 Å². The summed E-state index contributed by atoms with van der Waals surface area (Å²) in [5.41, 5.74) is 0. The second kappa shape index (κ2) is 1.98. The van der Waals surface area contributed by atoms with E-state index in [9.17, 15) is 0 Å². The molecule has 52 valence electrons. The first-order valence-corrected chi connectivity index (χ1v) is 4.09. The lowest BCUT2D eigenvalue weighted by atomic mass is 9.75. The van der Waals surface area contributed by atoms with Gasteiger partial charge in [0, 0.05) is 6.04 Å². The van der Waals surface area contributed by atoms with E-state index in [4.69, 9.17) is 0 Å². The summed E-state index contributed by atoms with van der Waals surface area (Å²) < 4.78 is 0. The van der Waals surface area contributed by atoms with Gasteiger partial charge >= 0.3 is 0 Å². The quantitative estimate of drug-likeness (QED) is 0.558.